The lowest BCUT2D eigenvalue weighted by Gasteiger charge is -2.10. The van der Waals surface area contributed by atoms with E-state index in [1.54, 1.807) is 0 Å². The van der Waals surface area contributed by atoms with Crippen molar-refractivity contribution in [3.05, 3.63) is 35.5 Å². The molecule has 1 unspecified atom stereocenters. The molecule has 1 atom stereocenters. The maximum Gasteiger partial charge on any atom is 0.236 e. The molecule has 1 aromatic carbocycles. The highest BCUT2D eigenvalue weighted by Gasteiger charge is 2.11. The van der Waals surface area contributed by atoms with E-state index in [4.69, 9.17) is 5.73 Å². The van der Waals surface area contributed by atoms with Gasteiger partial charge in [-0.2, -0.15) is 0 Å². The molecule has 0 saturated heterocycles. The summed E-state index contributed by atoms with van der Waals surface area (Å²) in [7, 11) is 0. The van der Waals surface area contributed by atoms with E-state index in [2.05, 4.69) is 35.4 Å². The third kappa shape index (κ3) is 4.22. The molecule has 0 saturated carbocycles. The Hall–Kier alpha value is -1.52. The van der Waals surface area contributed by atoms with Gasteiger partial charge in [-0.3, -0.25) is 4.79 Å². The van der Waals surface area contributed by atoms with Crippen LogP contribution in [0.4, 0.5) is 0 Å². The number of amides is 1. The first-order chi connectivity index (χ1) is 9.63. The molecule has 1 heterocycles. The molecule has 1 aromatic heterocycles. The molecule has 0 spiro atoms. The van der Waals surface area contributed by atoms with Crippen molar-refractivity contribution in [3.8, 4) is 0 Å². The van der Waals surface area contributed by atoms with Crippen molar-refractivity contribution in [2.45, 2.75) is 39.2 Å². The van der Waals surface area contributed by atoms with Gasteiger partial charge in [-0.15, -0.1) is 12.4 Å². The summed E-state index contributed by atoms with van der Waals surface area (Å²) in [6.07, 6.45) is 4.50. The van der Waals surface area contributed by atoms with E-state index >= 15 is 0 Å². The molecule has 5 heteroatoms. The second-order valence-electron chi connectivity index (χ2n) is 5.25. The second-order valence-corrected chi connectivity index (χ2v) is 5.25. The number of hydrogen-bond donors (Lipinski definition) is 3. The van der Waals surface area contributed by atoms with Gasteiger partial charge in [-0.05, 0) is 30.9 Å². The Morgan fingerprint density at radius 2 is 2.19 bits per heavy atom. The third-order valence-electron chi connectivity index (χ3n) is 3.64. The van der Waals surface area contributed by atoms with E-state index in [0.717, 1.165) is 19.3 Å². The summed E-state index contributed by atoms with van der Waals surface area (Å²) < 4.78 is 0. The fourth-order valence-corrected chi connectivity index (χ4v) is 2.46. The number of nitrogens with one attached hydrogen (secondary N) is 2. The van der Waals surface area contributed by atoms with E-state index in [1.165, 1.54) is 22.0 Å². The number of benzene rings is 1. The molecule has 116 valence electrons. The number of carbonyl (C=O) groups is 1. The van der Waals surface area contributed by atoms with Gasteiger partial charge in [-0.25, -0.2) is 0 Å². The highest BCUT2D eigenvalue weighted by atomic mass is 35.5. The molecular formula is C16H24ClN3O. The number of nitrogens with two attached hydrogens (primary N) is 1. The van der Waals surface area contributed by atoms with Gasteiger partial charge in [0.15, 0.2) is 0 Å². The van der Waals surface area contributed by atoms with Crippen LogP contribution in [0.25, 0.3) is 10.9 Å². The topological polar surface area (TPSA) is 70.9 Å². The van der Waals surface area contributed by atoms with Crippen molar-refractivity contribution in [3.63, 3.8) is 0 Å². The second kappa shape index (κ2) is 8.05. The Bertz CT molecular complexity index is 594. The highest BCUT2D eigenvalue weighted by Crippen LogP contribution is 2.21. The van der Waals surface area contributed by atoms with Gasteiger partial charge in [-0.1, -0.05) is 31.5 Å². The predicted molar refractivity (Wildman–Crippen MR) is 89.9 cm³/mol. The van der Waals surface area contributed by atoms with Gasteiger partial charge in [0.2, 0.25) is 5.91 Å². The summed E-state index contributed by atoms with van der Waals surface area (Å²) in [4.78, 5) is 15.0. The number of aromatic amines is 1. The number of halogens is 1. The number of rotatable bonds is 6. The average Bonchev–Trinajstić information content (AvgIpc) is 2.84. The standard InChI is InChI=1S/C16H23N3O.ClH/c1-3-5-14(17)16(20)18-9-8-12-10-19-15-11(2)6-4-7-13(12)15;/h4,6-7,10,14,19H,3,5,8-9,17H2,1-2H3,(H,18,20);1H. The van der Waals surface area contributed by atoms with Crippen LogP contribution in [0.2, 0.25) is 0 Å². The van der Waals surface area contributed by atoms with Crippen molar-refractivity contribution in [2.75, 3.05) is 6.54 Å². The lowest BCUT2D eigenvalue weighted by molar-refractivity contribution is -0.122. The molecule has 0 fully saturated rings. The minimum atomic E-state index is -0.384. The molecule has 2 rings (SSSR count). The number of carbonyl (C=O) groups excluding carboxylic acids is 1. The van der Waals surface area contributed by atoms with Crippen LogP contribution in [0.1, 0.15) is 30.9 Å². The number of aromatic nitrogens is 1. The van der Waals surface area contributed by atoms with Crippen molar-refractivity contribution in [2.24, 2.45) is 5.73 Å². The molecule has 4 nitrogen and oxygen atoms in total. The van der Waals surface area contributed by atoms with E-state index in [-0.39, 0.29) is 24.4 Å². The quantitative estimate of drug-likeness (QED) is 0.767. The summed E-state index contributed by atoms with van der Waals surface area (Å²) in [6.45, 7) is 4.74. The van der Waals surface area contributed by atoms with Crippen LogP contribution < -0.4 is 11.1 Å². The molecule has 0 radical (unpaired) electrons. The zero-order chi connectivity index (χ0) is 14.5. The van der Waals surface area contributed by atoms with E-state index in [9.17, 15) is 4.79 Å². The van der Waals surface area contributed by atoms with E-state index in [0.29, 0.717) is 6.54 Å². The summed E-state index contributed by atoms with van der Waals surface area (Å²) >= 11 is 0. The fraction of sp³-hybridized carbons (Fsp3) is 0.438. The van der Waals surface area contributed by atoms with E-state index in [1.807, 2.05) is 13.1 Å². The van der Waals surface area contributed by atoms with Crippen LogP contribution in [-0.4, -0.2) is 23.5 Å². The normalized spacial score (nSPS) is 12.0. The molecule has 0 aliphatic carbocycles. The van der Waals surface area contributed by atoms with Gasteiger partial charge in [0.25, 0.3) is 0 Å². The summed E-state index contributed by atoms with van der Waals surface area (Å²) in [5, 5.41) is 4.14. The van der Waals surface area contributed by atoms with Gasteiger partial charge in [0.05, 0.1) is 6.04 Å². The fourth-order valence-electron chi connectivity index (χ4n) is 2.46. The molecule has 0 bridgehead atoms. The maximum atomic E-state index is 11.7. The summed E-state index contributed by atoms with van der Waals surface area (Å²) in [5.74, 6) is -0.0529. The molecule has 1 amide bonds. The van der Waals surface area contributed by atoms with Gasteiger partial charge in [0.1, 0.15) is 0 Å². The van der Waals surface area contributed by atoms with Crippen LogP contribution in [0, 0.1) is 6.92 Å². The Kier molecular flexibility index (Phi) is 6.72. The number of H-pyrrole nitrogens is 1. The van der Waals surface area contributed by atoms with Crippen LogP contribution >= 0.6 is 12.4 Å². The number of fused-ring (bicyclic) bond motifs is 1. The first kappa shape index (κ1) is 17.5. The van der Waals surface area contributed by atoms with Crippen molar-refractivity contribution >= 4 is 29.2 Å². The van der Waals surface area contributed by atoms with Crippen LogP contribution in [0.3, 0.4) is 0 Å². The molecule has 4 N–H and O–H groups in total. The molecule has 0 aliphatic rings. The predicted octanol–water partition coefficient (Wildman–Crippen LogP) is 2.68. The highest BCUT2D eigenvalue weighted by molar-refractivity contribution is 5.86. The van der Waals surface area contributed by atoms with Crippen molar-refractivity contribution in [1.29, 1.82) is 0 Å². The minimum absolute atomic E-state index is 0. The Morgan fingerprint density at radius 1 is 1.43 bits per heavy atom. The minimum Gasteiger partial charge on any atom is -0.361 e. The van der Waals surface area contributed by atoms with Gasteiger partial charge < -0.3 is 16.0 Å². The van der Waals surface area contributed by atoms with Crippen molar-refractivity contribution in [1.82, 2.24) is 10.3 Å². The lowest BCUT2D eigenvalue weighted by atomic mass is 10.1. The average molecular weight is 310 g/mol. The number of hydrogen-bond acceptors (Lipinski definition) is 2. The first-order valence-electron chi connectivity index (χ1n) is 7.22. The zero-order valence-corrected chi connectivity index (χ0v) is 13.4. The molecular weight excluding hydrogens is 286 g/mol. The largest absolute Gasteiger partial charge is 0.361 e. The molecule has 2 aromatic rings. The monoisotopic (exact) mass is 309 g/mol. The first-order valence-corrected chi connectivity index (χ1v) is 7.22. The van der Waals surface area contributed by atoms with E-state index < -0.39 is 0 Å². The number of aryl methyl sites for hydroxylation is 1. The van der Waals surface area contributed by atoms with Crippen LogP contribution in [0.5, 0.6) is 0 Å². The Morgan fingerprint density at radius 3 is 2.90 bits per heavy atom. The Balaban J connectivity index is 0.00000220. The maximum absolute atomic E-state index is 11.7. The Labute approximate surface area is 131 Å². The third-order valence-corrected chi connectivity index (χ3v) is 3.64. The van der Waals surface area contributed by atoms with Crippen molar-refractivity contribution < 1.29 is 4.79 Å². The summed E-state index contributed by atoms with van der Waals surface area (Å²) in [5.41, 5.74) is 9.43. The summed E-state index contributed by atoms with van der Waals surface area (Å²) in [6, 6.07) is 5.88. The smallest absolute Gasteiger partial charge is 0.236 e. The number of para-hydroxylation sites is 1. The van der Waals surface area contributed by atoms with Gasteiger partial charge >= 0.3 is 0 Å². The molecule has 0 aliphatic heterocycles. The zero-order valence-electron chi connectivity index (χ0n) is 12.6. The SMILES string of the molecule is CCCC(N)C(=O)NCCc1c[nH]c2c(C)cccc12.Cl. The van der Waals surface area contributed by atoms with Crippen LogP contribution in [0.15, 0.2) is 24.4 Å². The lowest BCUT2D eigenvalue weighted by Crippen LogP contribution is -2.41. The van der Waals surface area contributed by atoms with Gasteiger partial charge in [0, 0.05) is 23.6 Å². The molecule has 21 heavy (non-hydrogen) atoms. The van der Waals surface area contributed by atoms with Crippen LogP contribution in [-0.2, 0) is 11.2 Å².